The van der Waals surface area contributed by atoms with Gasteiger partial charge in [0.1, 0.15) is 5.75 Å². The quantitative estimate of drug-likeness (QED) is 0.691. The van der Waals surface area contributed by atoms with Gasteiger partial charge in [0.05, 0.1) is 7.11 Å². The van der Waals surface area contributed by atoms with Crippen molar-refractivity contribution in [2.45, 2.75) is 13.8 Å². The highest BCUT2D eigenvalue weighted by atomic mass is 35.5. The summed E-state index contributed by atoms with van der Waals surface area (Å²) in [6.07, 6.45) is 0. The van der Waals surface area contributed by atoms with E-state index in [4.69, 9.17) is 22.1 Å². The fourth-order valence-corrected chi connectivity index (χ4v) is 2.56. The largest absolute Gasteiger partial charge is 0.496 e. The molecule has 0 aliphatic rings. The van der Waals surface area contributed by atoms with Crippen molar-refractivity contribution < 1.29 is 9.53 Å². The van der Waals surface area contributed by atoms with Crippen LogP contribution in [0.2, 0.25) is 5.02 Å². The predicted molar refractivity (Wildman–Crippen MR) is 81.8 cm³/mol. The van der Waals surface area contributed by atoms with E-state index >= 15 is 0 Å². The molecule has 0 heterocycles. The second-order valence-electron chi connectivity index (χ2n) is 4.75. The highest BCUT2D eigenvalue weighted by Crippen LogP contribution is 2.26. The lowest BCUT2D eigenvalue weighted by molar-refractivity contribution is 0.103. The van der Waals surface area contributed by atoms with Crippen LogP contribution in [0, 0.1) is 13.8 Å². The molecule has 0 aliphatic carbocycles. The van der Waals surface area contributed by atoms with Gasteiger partial charge in [0.2, 0.25) is 0 Å². The first kappa shape index (κ1) is 14.4. The van der Waals surface area contributed by atoms with E-state index in [1.165, 1.54) is 0 Å². The molecular weight excluding hydrogens is 274 g/mol. The summed E-state index contributed by atoms with van der Waals surface area (Å²) in [5.41, 5.74) is 9.13. The van der Waals surface area contributed by atoms with Crippen LogP contribution in [0.5, 0.6) is 5.75 Å². The molecule has 0 saturated heterocycles. The second-order valence-corrected chi connectivity index (χ2v) is 5.18. The zero-order valence-corrected chi connectivity index (χ0v) is 12.4. The number of hydrogen-bond donors (Lipinski definition) is 1. The van der Waals surface area contributed by atoms with Gasteiger partial charge in [0, 0.05) is 21.8 Å². The van der Waals surface area contributed by atoms with Gasteiger partial charge in [-0.2, -0.15) is 0 Å². The number of rotatable bonds is 3. The summed E-state index contributed by atoms with van der Waals surface area (Å²) < 4.78 is 5.30. The van der Waals surface area contributed by atoms with Crippen LogP contribution in [0.15, 0.2) is 30.3 Å². The third-order valence-corrected chi connectivity index (χ3v) is 3.33. The van der Waals surface area contributed by atoms with Gasteiger partial charge in [-0.05, 0) is 55.3 Å². The highest BCUT2D eigenvalue weighted by molar-refractivity contribution is 6.31. The molecule has 2 aromatic rings. The van der Waals surface area contributed by atoms with Crippen molar-refractivity contribution in [3.05, 3.63) is 57.6 Å². The zero-order chi connectivity index (χ0) is 14.9. The summed E-state index contributed by atoms with van der Waals surface area (Å²) >= 11 is 5.94. The molecule has 0 radical (unpaired) electrons. The number of halogens is 1. The standard InChI is InChI=1S/C16H16ClNO2/c1-9-4-11(5-10(2)16(9)20-3)15(19)12-6-13(17)8-14(18)7-12/h4-8H,18H2,1-3H3. The van der Waals surface area contributed by atoms with Crippen LogP contribution in [0.25, 0.3) is 0 Å². The Morgan fingerprint density at radius 2 is 1.60 bits per heavy atom. The molecule has 2 rings (SSSR count). The van der Waals surface area contributed by atoms with Crippen molar-refractivity contribution >= 4 is 23.1 Å². The Labute approximate surface area is 123 Å². The molecule has 0 aliphatic heterocycles. The lowest BCUT2D eigenvalue weighted by atomic mass is 9.98. The Balaban J connectivity index is 2.48. The maximum absolute atomic E-state index is 12.5. The van der Waals surface area contributed by atoms with Crippen molar-refractivity contribution in [3.8, 4) is 5.75 Å². The van der Waals surface area contributed by atoms with Gasteiger partial charge in [-0.25, -0.2) is 0 Å². The average Bonchev–Trinajstić information content (AvgIpc) is 2.36. The summed E-state index contributed by atoms with van der Waals surface area (Å²) in [5, 5.41) is 0.454. The average molecular weight is 290 g/mol. The molecule has 0 atom stereocenters. The molecule has 2 aromatic carbocycles. The first-order chi connectivity index (χ1) is 9.42. The molecule has 0 fully saturated rings. The first-order valence-corrected chi connectivity index (χ1v) is 6.56. The molecule has 20 heavy (non-hydrogen) atoms. The summed E-state index contributed by atoms with van der Waals surface area (Å²) in [4.78, 5) is 12.5. The smallest absolute Gasteiger partial charge is 0.193 e. The summed E-state index contributed by atoms with van der Waals surface area (Å²) in [6, 6.07) is 8.48. The van der Waals surface area contributed by atoms with Crippen LogP contribution < -0.4 is 10.5 Å². The number of nitrogens with two attached hydrogens (primary N) is 1. The lowest BCUT2D eigenvalue weighted by Gasteiger charge is -2.11. The van der Waals surface area contributed by atoms with Crippen LogP contribution >= 0.6 is 11.6 Å². The Hall–Kier alpha value is -2.00. The Bertz CT molecular complexity index is 637. The number of hydrogen-bond acceptors (Lipinski definition) is 3. The Morgan fingerprint density at radius 1 is 1.05 bits per heavy atom. The molecule has 4 heteroatoms. The van der Waals surface area contributed by atoms with Gasteiger partial charge in [-0.1, -0.05) is 11.6 Å². The van der Waals surface area contributed by atoms with Crippen molar-refractivity contribution in [2.24, 2.45) is 0 Å². The van der Waals surface area contributed by atoms with Crippen molar-refractivity contribution in [2.75, 3.05) is 12.8 Å². The molecule has 0 unspecified atom stereocenters. The van der Waals surface area contributed by atoms with Gasteiger partial charge >= 0.3 is 0 Å². The number of methoxy groups -OCH3 is 1. The number of anilines is 1. The molecule has 0 amide bonds. The molecule has 0 aromatic heterocycles. The SMILES string of the molecule is COc1c(C)cc(C(=O)c2cc(N)cc(Cl)c2)cc1C. The fourth-order valence-electron chi connectivity index (χ4n) is 2.31. The van der Waals surface area contributed by atoms with E-state index in [1.807, 2.05) is 26.0 Å². The van der Waals surface area contributed by atoms with E-state index in [1.54, 1.807) is 25.3 Å². The van der Waals surface area contributed by atoms with Crippen molar-refractivity contribution in [1.29, 1.82) is 0 Å². The number of ether oxygens (including phenoxy) is 1. The Kier molecular flexibility index (Phi) is 4.00. The van der Waals surface area contributed by atoms with E-state index in [9.17, 15) is 4.79 Å². The monoisotopic (exact) mass is 289 g/mol. The van der Waals surface area contributed by atoms with Crippen molar-refractivity contribution in [1.82, 2.24) is 0 Å². The molecular formula is C16H16ClNO2. The molecule has 3 nitrogen and oxygen atoms in total. The van der Waals surface area contributed by atoms with Gasteiger partial charge in [0.15, 0.2) is 5.78 Å². The highest BCUT2D eigenvalue weighted by Gasteiger charge is 2.14. The number of aryl methyl sites for hydroxylation is 2. The first-order valence-electron chi connectivity index (χ1n) is 6.18. The molecule has 2 N–H and O–H groups in total. The number of carbonyl (C=O) groups excluding carboxylic acids is 1. The minimum Gasteiger partial charge on any atom is -0.496 e. The van der Waals surface area contributed by atoms with E-state index in [0.29, 0.717) is 21.8 Å². The number of carbonyl (C=O) groups is 1. The van der Waals surface area contributed by atoms with E-state index in [-0.39, 0.29) is 5.78 Å². The second kappa shape index (κ2) is 5.55. The van der Waals surface area contributed by atoms with Crippen LogP contribution in [0.3, 0.4) is 0 Å². The maximum Gasteiger partial charge on any atom is 0.193 e. The van der Waals surface area contributed by atoms with E-state index in [0.717, 1.165) is 16.9 Å². The van der Waals surface area contributed by atoms with Crippen LogP contribution in [0.4, 0.5) is 5.69 Å². The normalized spacial score (nSPS) is 10.4. The fraction of sp³-hybridized carbons (Fsp3) is 0.188. The van der Waals surface area contributed by atoms with Gasteiger partial charge in [-0.15, -0.1) is 0 Å². The Morgan fingerprint density at radius 3 is 2.10 bits per heavy atom. The van der Waals surface area contributed by atoms with Crippen LogP contribution in [-0.2, 0) is 0 Å². The van der Waals surface area contributed by atoms with E-state index < -0.39 is 0 Å². The molecule has 0 spiro atoms. The predicted octanol–water partition coefficient (Wildman–Crippen LogP) is 3.78. The van der Waals surface area contributed by atoms with Crippen molar-refractivity contribution in [3.63, 3.8) is 0 Å². The van der Waals surface area contributed by atoms with E-state index in [2.05, 4.69) is 0 Å². The molecule has 104 valence electrons. The minimum atomic E-state index is -0.104. The molecule has 0 saturated carbocycles. The summed E-state index contributed by atoms with van der Waals surface area (Å²) in [5.74, 6) is 0.695. The van der Waals surface area contributed by atoms with Crippen LogP contribution in [-0.4, -0.2) is 12.9 Å². The third kappa shape index (κ3) is 2.78. The molecule has 0 bridgehead atoms. The lowest BCUT2D eigenvalue weighted by Crippen LogP contribution is -2.04. The van der Waals surface area contributed by atoms with Gasteiger partial charge in [0.25, 0.3) is 0 Å². The number of ketones is 1. The topological polar surface area (TPSA) is 52.3 Å². The zero-order valence-electron chi connectivity index (χ0n) is 11.7. The number of nitrogen functional groups attached to an aromatic ring is 1. The van der Waals surface area contributed by atoms with Crippen LogP contribution in [0.1, 0.15) is 27.0 Å². The van der Waals surface area contributed by atoms with Gasteiger partial charge in [-0.3, -0.25) is 4.79 Å². The maximum atomic E-state index is 12.5. The minimum absolute atomic E-state index is 0.104. The summed E-state index contributed by atoms with van der Waals surface area (Å²) in [7, 11) is 1.62. The van der Waals surface area contributed by atoms with Gasteiger partial charge < -0.3 is 10.5 Å². The summed E-state index contributed by atoms with van der Waals surface area (Å²) in [6.45, 7) is 3.82. The number of benzene rings is 2. The third-order valence-electron chi connectivity index (χ3n) is 3.11.